The lowest BCUT2D eigenvalue weighted by atomic mass is 10.0. The van der Waals surface area contributed by atoms with E-state index in [1.165, 1.54) is 18.6 Å². The fourth-order valence-electron chi connectivity index (χ4n) is 2.64. The number of anilines is 1. The Balaban J connectivity index is 2.02. The molecule has 1 aliphatic rings. The third kappa shape index (κ3) is 3.63. The summed E-state index contributed by atoms with van der Waals surface area (Å²) in [6.07, 6.45) is 5.59. The van der Waals surface area contributed by atoms with Crippen LogP contribution in [0.25, 0.3) is 0 Å². The van der Waals surface area contributed by atoms with Gasteiger partial charge in [-0.1, -0.05) is 19.8 Å². The number of aromatic hydroxyl groups is 1. The van der Waals surface area contributed by atoms with E-state index in [2.05, 4.69) is 12.2 Å². The smallest absolute Gasteiger partial charge is 0.253 e. The minimum atomic E-state index is -0.187. The van der Waals surface area contributed by atoms with Gasteiger partial charge in [-0.05, 0) is 43.4 Å². The number of hydrogen-bond acceptors (Lipinski definition) is 3. The standard InChI is InChI=1S/C15H22N2O2/c1-10-3-2-4-11(6-5-10)17-15(19)13-9-12(18)7-8-14(13)16/h7-11,18H,2-6,16H2,1H3,(H,17,19). The molecule has 4 heteroatoms. The number of nitrogen functional groups attached to an aromatic ring is 1. The summed E-state index contributed by atoms with van der Waals surface area (Å²) in [5.41, 5.74) is 6.54. The van der Waals surface area contributed by atoms with Crippen molar-refractivity contribution in [3.63, 3.8) is 0 Å². The number of carbonyl (C=O) groups excluding carboxylic acids is 1. The van der Waals surface area contributed by atoms with Gasteiger partial charge in [-0.15, -0.1) is 0 Å². The summed E-state index contributed by atoms with van der Waals surface area (Å²) in [5.74, 6) is 0.620. The van der Waals surface area contributed by atoms with Crippen LogP contribution < -0.4 is 11.1 Å². The van der Waals surface area contributed by atoms with Gasteiger partial charge >= 0.3 is 0 Å². The first-order valence-corrected chi connectivity index (χ1v) is 6.95. The van der Waals surface area contributed by atoms with Gasteiger partial charge in [0.15, 0.2) is 0 Å². The number of nitrogens with one attached hydrogen (secondary N) is 1. The van der Waals surface area contributed by atoms with Crippen LogP contribution in [0.15, 0.2) is 18.2 Å². The zero-order valence-corrected chi connectivity index (χ0v) is 11.4. The monoisotopic (exact) mass is 262 g/mol. The largest absolute Gasteiger partial charge is 0.508 e. The van der Waals surface area contributed by atoms with Crippen molar-refractivity contribution in [1.82, 2.24) is 5.32 Å². The van der Waals surface area contributed by atoms with Crippen LogP contribution in [0.4, 0.5) is 5.69 Å². The summed E-state index contributed by atoms with van der Waals surface area (Å²) in [4.78, 5) is 12.2. The predicted molar refractivity (Wildman–Crippen MR) is 76.0 cm³/mol. The first-order valence-electron chi connectivity index (χ1n) is 6.95. The minimum Gasteiger partial charge on any atom is -0.508 e. The zero-order chi connectivity index (χ0) is 13.8. The number of carbonyl (C=O) groups is 1. The summed E-state index contributed by atoms with van der Waals surface area (Å²) >= 11 is 0. The topological polar surface area (TPSA) is 75.3 Å². The number of benzene rings is 1. The molecule has 0 saturated heterocycles. The van der Waals surface area contributed by atoms with Gasteiger partial charge in [0.05, 0.1) is 5.56 Å². The van der Waals surface area contributed by atoms with E-state index >= 15 is 0 Å². The van der Waals surface area contributed by atoms with Gasteiger partial charge in [-0.25, -0.2) is 0 Å². The molecule has 1 saturated carbocycles. The molecule has 0 aliphatic heterocycles. The summed E-state index contributed by atoms with van der Waals surface area (Å²) < 4.78 is 0. The maximum atomic E-state index is 12.2. The fraction of sp³-hybridized carbons (Fsp3) is 0.533. The Morgan fingerprint density at radius 3 is 2.89 bits per heavy atom. The van der Waals surface area contributed by atoms with E-state index in [-0.39, 0.29) is 17.7 Å². The molecule has 2 rings (SSSR count). The van der Waals surface area contributed by atoms with Crippen molar-refractivity contribution in [3.05, 3.63) is 23.8 Å². The second-order valence-corrected chi connectivity index (χ2v) is 5.56. The number of amides is 1. The van der Waals surface area contributed by atoms with Gasteiger partial charge in [0, 0.05) is 11.7 Å². The van der Waals surface area contributed by atoms with Gasteiger partial charge in [0.25, 0.3) is 5.91 Å². The van der Waals surface area contributed by atoms with Crippen LogP contribution in [0.5, 0.6) is 5.75 Å². The highest BCUT2D eigenvalue weighted by molar-refractivity contribution is 5.99. The van der Waals surface area contributed by atoms with E-state index in [1.54, 1.807) is 6.07 Å². The van der Waals surface area contributed by atoms with Crippen molar-refractivity contribution in [2.75, 3.05) is 5.73 Å². The normalized spacial score (nSPS) is 23.6. The Kier molecular flexibility index (Phi) is 4.30. The number of nitrogens with two attached hydrogens (primary N) is 1. The molecule has 4 nitrogen and oxygen atoms in total. The fourth-order valence-corrected chi connectivity index (χ4v) is 2.64. The second-order valence-electron chi connectivity index (χ2n) is 5.56. The average molecular weight is 262 g/mol. The highest BCUT2D eigenvalue weighted by atomic mass is 16.3. The summed E-state index contributed by atoms with van der Waals surface area (Å²) in [7, 11) is 0. The molecule has 0 radical (unpaired) electrons. The molecule has 0 spiro atoms. The third-order valence-corrected chi connectivity index (χ3v) is 3.87. The third-order valence-electron chi connectivity index (χ3n) is 3.87. The Hall–Kier alpha value is -1.71. The quantitative estimate of drug-likeness (QED) is 0.436. The molecule has 0 heterocycles. The van der Waals surface area contributed by atoms with Crippen LogP contribution in [0.3, 0.4) is 0 Å². The SMILES string of the molecule is CC1CCCC(NC(=O)c2cc(O)ccc2N)CC1. The van der Waals surface area contributed by atoms with E-state index in [0.717, 1.165) is 31.6 Å². The van der Waals surface area contributed by atoms with Crippen molar-refractivity contribution in [3.8, 4) is 5.75 Å². The van der Waals surface area contributed by atoms with Crippen LogP contribution in [0.1, 0.15) is 49.4 Å². The molecule has 0 aromatic heterocycles. The molecule has 4 N–H and O–H groups in total. The van der Waals surface area contributed by atoms with Gasteiger partial charge in [-0.3, -0.25) is 4.79 Å². The van der Waals surface area contributed by atoms with Gasteiger partial charge in [0.2, 0.25) is 0 Å². The lowest BCUT2D eigenvalue weighted by Crippen LogP contribution is -2.34. The first kappa shape index (κ1) is 13.7. The number of hydrogen-bond donors (Lipinski definition) is 3. The molecular weight excluding hydrogens is 240 g/mol. The van der Waals surface area contributed by atoms with E-state index in [1.807, 2.05) is 0 Å². The molecule has 1 aliphatic carbocycles. The lowest BCUT2D eigenvalue weighted by molar-refractivity contribution is 0.0933. The lowest BCUT2D eigenvalue weighted by Gasteiger charge is -2.17. The van der Waals surface area contributed by atoms with Crippen LogP contribution in [0, 0.1) is 5.92 Å². The molecular formula is C15H22N2O2. The van der Waals surface area contributed by atoms with Crippen molar-refractivity contribution in [2.45, 2.75) is 45.1 Å². The van der Waals surface area contributed by atoms with Crippen LogP contribution in [-0.4, -0.2) is 17.1 Å². The van der Waals surface area contributed by atoms with Crippen LogP contribution >= 0.6 is 0 Å². The average Bonchev–Trinajstić information content (AvgIpc) is 2.57. The summed E-state index contributed by atoms with van der Waals surface area (Å²) in [6.45, 7) is 2.26. The Labute approximate surface area is 114 Å². The van der Waals surface area contributed by atoms with E-state index in [9.17, 15) is 9.90 Å². The first-order chi connectivity index (χ1) is 9.06. The molecule has 1 fully saturated rings. The highest BCUT2D eigenvalue weighted by Gasteiger charge is 2.19. The molecule has 0 bridgehead atoms. The van der Waals surface area contributed by atoms with Crippen LogP contribution in [-0.2, 0) is 0 Å². The van der Waals surface area contributed by atoms with Gasteiger partial charge in [-0.2, -0.15) is 0 Å². The number of rotatable bonds is 2. The zero-order valence-electron chi connectivity index (χ0n) is 11.4. The van der Waals surface area contributed by atoms with Crippen molar-refractivity contribution >= 4 is 11.6 Å². The molecule has 1 amide bonds. The number of phenols is 1. The molecule has 2 atom stereocenters. The van der Waals surface area contributed by atoms with E-state index in [4.69, 9.17) is 5.73 Å². The molecule has 19 heavy (non-hydrogen) atoms. The van der Waals surface area contributed by atoms with Crippen molar-refractivity contribution < 1.29 is 9.90 Å². The molecule has 1 aromatic rings. The maximum absolute atomic E-state index is 12.2. The van der Waals surface area contributed by atoms with Crippen molar-refractivity contribution in [2.24, 2.45) is 5.92 Å². The van der Waals surface area contributed by atoms with Gasteiger partial charge < -0.3 is 16.2 Å². The minimum absolute atomic E-state index is 0.0637. The molecule has 2 unspecified atom stereocenters. The highest BCUT2D eigenvalue weighted by Crippen LogP contribution is 2.24. The van der Waals surface area contributed by atoms with E-state index < -0.39 is 0 Å². The van der Waals surface area contributed by atoms with Crippen LogP contribution in [0.2, 0.25) is 0 Å². The maximum Gasteiger partial charge on any atom is 0.253 e. The Bertz CT molecular complexity index is 459. The molecule has 104 valence electrons. The number of phenolic OH excluding ortho intramolecular Hbond substituents is 1. The molecule has 1 aromatic carbocycles. The second kappa shape index (κ2) is 5.95. The predicted octanol–water partition coefficient (Wildman–Crippen LogP) is 2.67. The summed E-state index contributed by atoms with van der Waals surface area (Å²) in [5, 5.41) is 12.5. The van der Waals surface area contributed by atoms with E-state index in [0.29, 0.717) is 11.3 Å². The summed E-state index contributed by atoms with van der Waals surface area (Å²) in [6, 6.07) is 4.68. The van der Waals surface area contributed by atoms with Gasteiger partial charge in [0.1, 0.15) is 5.75 Å². The van der Waals surface area contributed by atoms with Crippen molar-refractivity contribution in [1.29, 1.82) is 0 Å². The Morgan fingerprint density at radius 2 is 2.11 bits per heavy atom. The Morgan fingerprint density at radius 1 is 1.32 bits per heavy atom.